The molecule has 0 radical (unpaired) electrons. The summed E-state index contributed by atoms with van der Waals surface area (Å²) in [4.78, 5) is 13.2. The van der Waals surface area contributed by atoms with Crippen LogP contribution in [0.3, 0.4) is 0 Å². The second-order valence-electron chi connectivity index (χ2n) is 7.37. The molecule has 25 heavy (non-hydrogen) atoms. The van der Waals surface area contributed by atoms with E-state index in [0.29, 0.717) is 11.9 Å². The molecule has 1 unspecified atom stereocenters. The standard InChI is InChI=1S/C18H25N3O3S/c1-21(2)10-3-5-11(6-4-10)24-16-15-14-12(18(22)23)7-8-13(14)25-17(15)20-9-19-16/h9-12,18,22-23H,3-8H2,1-2H3. The molecule has 0 bridgehead atoms. The maximum Gasteiger partial charge on any atom is 0.225 e. The summed E-state index contributed by atoms with van der Waals surface area (Å²) in [7, 11) is 4.27. The zero-order valence-corrected chi connectivity index (χ0v) is 15.5. The lowest BCUT2D eigenvalue weighted by molar-refractivity contribution is -0.0594. The van der Waals surface area contributed by atoms with Gasteiger partial charge in [-0.15, -0.1) is 11.3 Å². The molecule has 0 saturated heterocycles. The highest BCUT2D eigenvalue weighted by molar-refractivity contribution is 7.19. The largest absolute Gasteiger partial charge is 0.474 e. The number of rotatable bonds is 4. The van der Waals surface area contributed by atoms with Gasteiger partial charge in [-0.1, -0.05) is 0 Å². The first-order valence-electron chi connectivity index (χ1n) is 9.00. The van der Waals surface area contributed by atoms with Crippen LogP contribution in [0.25, 0.3) is 10.2 Å². The second-order valence-corrected chi connectivity index (χ2v) is 8.45. The monoisotopic (exact) mass is 363 g/mol. The van der Waals surface area contributed by atoms with Gasteiger partial charge >= 0.3 is 0 Å². The van der Waals surface area contributed by atoms with E-state index in [1.54, 1.807) is 17.7 Å². The summed E-state index contributed by atoms with van der Waals surface area (Å²) in [5.41, 5.74) is 0.993. The number of hydrogen-bond donors (Lipinski definition) is 2. The molecule has 1 fully saturated rings. The molecular formula is C18H25N3O3S. The van der Waals surface area contributed by atoms with Crippen LogP contribution in [0.15, 0.2) is 6.33 Å². The molecule has 2 heterocycles. The third kappa shape index (κ3) is 3.14. The molecule has 4 rings (SSSR count). The average molecular weight is 363 g/mol. The fraction of sp³-hybridized carbons (Fsp3) is 0.667. The SMILES string of the molecule is CN(C)C1CCC(Oc2ncnc3sc4c(c23)C(C(O)O)CC4)CC1. The summed E-state index contributed by atoms with van der Waals surface area (Å²) in [5.74, 6) is 0.352. The van der Waals surface area contributed by atoms with E-state index in [0.717, 1.165) is 54.3 Å². The number of aryl methyl sites for hydroxylation is 1. The summed E-state index contributed by atoms with van der Waals surface area (Å²) in [6, 6.07) is 0.629. The van der Waals surface area contributed by atoms with E-state index in [1.807, 2.05) is 0 Å². The van der Waals surface area contributed by atoms with Crippen molar-refractivity contribution in [2.75, 3.05) is 14.1 Å². The fourth-order valence-corrected chi connectivity index (χ4v) is 5.42. The average Bonchev–Trinajstić information content (AvgIpc) is 3.14. The number of aliphatic hydroxyl groups excluding tert-OH is 1. The summed E-state index contributed by atoms with van der Waals surface area (Å²) in [5, 5.41) is 20.4. The molecule has 6 nitrogen and oxygen atoms in total. The number of aliphatic hydroxyl groups is 2. The van der Waals surface area contributed by atoms with Crippen molar-refractivity contribution in [2.45, 2.75) is 62.9 Å². The lowest BCUT2D eigenvalue weighted by Crippen LogP contribution is -2.35. The van der Waals surface area contributed by atoms with E-state index >= 15 is 0 Å². The molecule has 7 heteroatoms. The maximum atomic E-state index is 9.74. The van der Waals surface area contributed by atoms with Crippen molar-refractivity contribution in [3.63, 3.8) is 0 Å². The van der Waals surface area contributed by atoms with E-state index in [1.165, 1.54) is 4.88 Å². The van der Waals surface area contributed by atoms with Crippen LogP contribution in [0, 0.1) is 0 Å². The molecular weight excluding hydrogens is 338 g/mol. The Hall–Kier alpha value is -1.28. The molecule has 0 amide bonds. The van der Waals surface area contributed by atoms with Gasteiger partial charge < -0.3 is 19.8 Å². The van der Waals surface area contributed by atoms with Crippen LogP contribution in [0.1, 0.15) is 48.5 Å². The molecule has 2 aliphatic carbocycles. The Bertz CT molecular complexity index is 753. The molecule has 2 aromatic heterocycles. The lowest BCUT2D eigenvalue weighted by atomic mass is 9.92. The zero-order valence-electron chi connectivity index (χ0n) is 14.7. The number of aromatic nitrogens is 2. The van der Waals surface area contributed by atoms with Gasteiger partial charge in [-0.3, -0.25) is 0 Å². The van der Waals surface area contributed by atoms with Crippen LogP contribution in [-0.4, -0.2) is 57.6 Å². The molecule has 0 spiro atoms. The maximum absolute atomic E-state index is 9.74. The normalized spacial score (nSPS) is 26.6. The molecule has 0 aliphatic heterocycles. The Morgan fingerprint density at radius 1 is 1.16 bits per heavy atom. The second kappa shape index (κ2) is 6.79. The Kier molecular flexibility index (Phi) is 4.66. The molecule has 1 atom stereocenters. The lowest BCUT2D eigenvalue weighted by Gasteiger charge is -2.32. The van der Waals surface area contributed by atoms with Crippen LogP contribution < -0.4 is 4.74 Å². The van der Waals surface area contributed by atoms with E-state index < -0.39 is 6.29 Å². The van der Waals surface area contributed by atoms with Gasteiger partial charge in [0.1, 0.15) is 17.3 Å². The summed E-state index contributed by atoms with van der Waals surface area (Å²) < 4.78 is 6.28. The Morgan fingerprint density at radius 3 is 2.60 bits per heavy atom. The Labute approximate surface area is 151 Å². The summed E-state index contributed by atoms with van der Waals surface area (Å²) >= 11 is 1.63. The van der Waals surface area contributed by atoms with Gasteiger partial charge in [-0.05, 0) is 58.2 Å². The third-order valence-corrected chi connectivity index (χ3v) is 6.81. The predicted octanol–water partition coefficient (Wildman–Crippen LogP) is 2.28. The number of ether oxygens (including phenoxy) is 1. The Morgan fingerprint density at radius 2 is 1.92 bits per heavy atom. The van der Waals surface area contributed by atoms with E-state index in [9.17, 15) is 10.2 Å². The first-order chi connectivity index (χ1) is 12.0. The highest BCUT2D eigenvalue weighted by atomic mass is 32.1. The quantitative estimate of drug-likeness (QED) is 0.812. The van der Waals surface area contributed by atoms with Crippen LogP contribution in [0.4, 0.5) is 0 Å². The fourth-order valence-electron chi connectivity index (χ4n) is 4.21. The van der Waals surface area contributed by atoms with E-state index in [4.69, 9.17) is 4.74 Å². The smallest absolute Gasteiger partial charge is 0.225 e. The summed E-state index contributed by atoms with van der Waals surface area (Å²) in [6.45, 7) is 0. The van der Waals surface area contributed by atoms with Gasteiger partial charge in [0, 0.05) is 16.8 Å². The highest BCUT2D eigenvalue weighted by Gasteiger charge is 2.34. The van der Waals surface area contributed by atoms with E-state index in [-0.39, 0.29) is 12.0 Å². The van der Waals surface area contributed by atoms with Gasteiger partial charge in [0.25, 0.3) is 0 Å². The van der Waals surface area contributed by atoms with Crippen LogP contribution >= 0.6 is 11.3 Å². The van der Waals surface area contributed by atoms with Gasteiger partial charge in [-0.25, -0.2) is 9.97 Å². The molecule has 1 saturated carbocycles. The first kappa shape index (κ1) is 17.1. The molecule has 2 aromatic rings. The molecule has 136 valence electrons. The number of thiophene rings is 1. The third-order valence-electron chi connectivity index (χ3n) is 5.63. The minimum absolute atomic E-state index is 0.170. The van der Waals surface area contributed by atoms with Gasteiger partial charge in [-0.2, -0.15) is 0 Å². The van der Waals surface area contributed by atoms with Crippen molar-refractivity contribution in [3.05, 3.63) is 16.8 Å². The van der Waals surface area contributed by atoms with Gasteiger partial charge in [0.2, 0.25) is 5.88 Å². The van der Waals surface area contributed by atoms with Crippen LogP contribution in [0.2, 0.25) is 0 Å². The Balaban J connectivity index is 1.61. The van der Waals surface area contributed by atoms with Crippen molar-refractivity contribution in [1.82, 2.24) is 14.9 Å². The number of fused-ring (bicyclic) bond motifs is 3. The van der Waals surface area contributed by atoms with Crippen LogP contribution in [-0.2, 0) is 6.42 Å². The predicted molar refractivity (Wildman–Crippen MR) is 97.1 cm³/mol. The zero-order chi connectivity index (χ0) is 17.6. The molecule has 2 aliphatic rings. The van der Waals surface area contributed by atoms with Gasteiger partial charge in [0.15, 0.2) is 6.29 Å². The highest BCUT2D eigenvalue weighted by Crippen LogP contribution is 2.47. The topological polar surface area (TPSA) is 78.7 Å². The van der Waals surface area contributed by atoms with Crippen molar-refractivity contribution in [2.24, 2.45) is 0 Å². The molecule has 0 aromatic carbocycles. The van der Waals surface area contributed by atoms with Crippen LogP contribution in [0.5, 0.6) is 5.88 Å². The summed E-state index contributed by atoms with van der Waals surface area (Å²) in [6.07, 6.45) is 6.31. The van der Waals surface area contributed by atoms with Crippen molar-refractivity contribution < 1.29 is 14.9 Å². The van der Waals surface area contributed by atoms with Crippen molar-refractivity contribution >= 4 is 21.6 Å². The van der Waals surface area contributed by atoms with Gasteiger partial charge in [0.05, 0.1) is 5.39 Å². The van der Waals surface area contributed by atoms with Crippen molar-refractivity contribution in [1.29, 1.82) is 0 Å². The first-order valence-corrected chi connectivity index (χ1v) is 9.81. The number of nitrogens with zero attached hydrogens (tertiary/aromatic N) is 3. The van der Waals surface area contributed by atoms with Crippen molar-refractivity contribution in [3.8, 4) is 5.88 Å². The molecule has 2 N–H and O–H groups in total. The minimum Gasteiger partial charge on any atom is -0.474 e. The minimum atomic E-state index is -1.34. The number of hydrogen-bond acceptors (Lipinski definition) is 7. The van der Waals surface area contributed by atoms with E-state index in [2.05, 4.69) is 29.0 Å².